The van der Waals surface area contributed by atoms with Gasteiger partial charge in [0.1, 0.15) is 0 Å². The first-order valence-electron chi connectivity index (χ1n) is 6.98. The van der Waals surface area contributed by atoms with Crippen molar-refractivity contribution in [2.45, 2.75) is 19.3 Å². The molecule has 0 bridgehead atoms. The fourth-order valence-electron chi connectivity index (χ4n) is 3.05. The van der Waals surface area contributed by atoms with Crippen LogP contribution < -0.4 is 5.32 Å². The monoisotopic (exact) mass is 367 g/mol. The molecular weight excluding hydrogens is 346 g/mol. The Morgan fingerprint density at radius 2 is 1.82 bits per heavy atom. The Labute approximate surface area is 140 Å². The lowest BCUT2D eigenvalue weighted by Gasteiger charge is -2.20. The standard InChI is InChI=1S/C17H19NO2.BrH.H2O/c1-11-13-7-8-18-10-15(12-5-3-2-4-6-12)14(13)9-16(19)17(11)20;;/h2-6,9,15,18-20H,7-8,10H2,1H3;1H;1H2. The molecule has 2 aromatic rings. The number of halogens is 1. The lowest BCUT2D eigenvalue weighted by atomic mass is 9.86. The maximum Gasteiger partial charge on any atom is 0.160 e. The van der Waals surface area contributed by atoms with Gasteiger partial charge in [0.05, 0.1) is 0 Å². The molecule has 0 aromatic heterocycles. The Hall–Kier alpha value is -1.56. The first-order chi connectivity index (χ1) is 9.68. The van der Waals surface area contributed by atoms with Gasteiger partial charge in [0.2, 0.25) is 0 Å². The average molecular weight is 368 g/mol. The molecule has 0 aliphatic carbocycles. The zero-order chi connectivity index (χ0) is 14.1. The SMILES string of the molecule is Br.Cc1c(O)c(O)cc2c1CCNCC2c1ccccc1.O. The second-order valence-corrected chi connectivity index (χ2v) is 5.35. The van der Waals surface area contributed by atoms with Gasteiger partial charge >= 0.3 is 0 Å². The molecule has 2 aromatic carbocycles. The average Bonchev–Trinajstić information content (AvgIpc) is 2.68. The van der Waals surface area contributed by atoms with Gasteiger partial charge in [0, 0.05) is 12.5 Å². The maximum atomic E-state index is 9.94. The Bertz CT molecular complexity index is 632. The number of phenols is 2. The molecule has 120 valence electrons. The highest BCUT2D eigenvalue weighted by Gasteiger charge is 2.24. The third kappa shape index (κ3) is 3.27. The minimum atomic E-state index is -0.0240. The molecule has 5 N–H and O–H groups in total. The number of hydrogen-bond donors (Lipinski definition) is 3. The fourth-order valence-corrected chi connectivity index (χ4v) is 3.05. The summed E-state index contributed by atoms with van der Waals surface area (Å²) in [6, 6.07) is 12.0. The van der Waals surface area contributed by atoms with Gasteiger partial charge in [-0.2, -0.15) is 0 Å². The molecular formula is C17H22BrNO3. The Balaban J connectivity index is 0.00000121. The van der Waals surface area contributed by atoms with Gasteiger partial charge in [0.25, 0.3) is 0 Å². The van der Waals surface area contributed by atoms with Crippen molar-refractivity contribution in [1.82, 2.24) is 5.32 Å². The Kier molecular flexibility index (Phi) is 6.41. The van der Waals surface area contributed by atoms with Crippen molar-refractivity contribution in [3.8, 4) is 11.5 Å². The molecule has 0 saturated heterocycles. The molecule has 3 rings (SSSR count). The van der Waals surface area contributed by atoms with Crippen LogP contribution in [0.2, 0.25) is 0 Å². The Morgan fingerprint density at radius 1 is 1.14 bits per heavy atom. The van der Waals surface area contributed by atoms with Gasteiger partial charge in [-0.25, -0.2) is 0 Å². The molecule has 1 unspecified atom stereocenters. The smallest absolute Gasteiger partial charge is 0.160 e. The van der Waals surface area contributed by atoms with Crippen molar-refractivity contribution in [3.05, 3.63) is 58.7 Å². The van der Waals surface area contributed by atoms with Crippen molar-refractivity contribution < 1.29 is 15.7 Å². The highest BCUT2D eigenvalue weighted by atomic mass is 79.9. The predicted molar refractivity (Wildman–Crippen MR) is 93.3 cm³/mol. The molecule has 22 heavy (non-hydrogen) atoms. The zero-order valence-electron chi connectivity index (χ0n) is 12.5. The summed E-state index contributed by atoms with van der Waals surface area (Å²) in [5, 5.41) is 23.3. The van der Waals surface area contributed by atoms with E-state index in [1.54, 1.807) is 6.07 Å². The molecule has 1 aliphatic heterocycles. The topological polar surface area (TPSA) is 84.0 Å². The second-order valence-electron chi connectivity index (χ2n) is 5.35. The van der Waals surface area contributed by atoms with Crippen LogP contribution in [0.3, 0.4) is 0 Å². The minimum absolute atomic E-state index is 0. The zero-order valence-corrected chi connectivity index (χ0v) is 14.2. The van der Waals surface area contributed by atoms with Crippen LogP contribution in [-0.4, -0.2) is 28.8 Å². The number of phenolic OH excluding ortho intramolecular Hbond substituents is 2. The summed E-state index contributed by atoms with van der Waals surface area (Å²) < 4.78 is 0. The summed E-state index contributed by atoms with van der Waals surface area (Å²) in [5.41, 5.74) is 4.30. The van der Waals surface area contributed by atoms with Crippen molar-refractivity contribution in [2.24, 2.45) is 0 Å². The highest BCUT2D eigenvalue weighted by Crippen LogP contribution is 2.39. The van der Waals surface area contributed by atoms with Crippen LogP contribution in [0.15, 0.2) is 36.4 Å². The number of rotatable bonds is 1. The lowest BCUT2D eigenvalue weighted by molar-refractivity contribution is 0.399. The third-order valence-corrected chi connectivity index (χ3v) is 4.17. The van der Waals surface area contributed by atoms with Crippen molar-refractivity contribution >= 4 is 17.0 Å². The van der Waals surface area contributed by atoms with Crippen LogP contribution in [0.1, 0.15) is 28.2 Å². The van der Waals surface area contributed by atoms with Gasteiger partial charge in [-0.05, 0) is 48.2 Å². The number of nitrogens with one attached hydrogen (secondary N) is 1. The molecule has 1 atom stereocenters. The summed E-state index contributed by atoms with van der Waals surface area (Å²) in [4.78, 5) is 0. The van der Waals surface area contributed by atoms with Gasteiger partial charge < -0.3 is 21.0 Å². The predicted octanol–water partition coefficient (Wildman–Crippen LogP) is 2.44. The van der Waals surface area contributed by atoms with E-state index in [1.165, 1.54) is 5.56 Å². The van der Waals surface area contributed by atoms with E-state index in [0.29, 0.717) is 0 Å². The van der Waals surface area contributed by atoms with E-state index in [-0.39, 0.29) is 39.9 Å². The molecule has 0 fully saturated rings. The van der Waals surface area contributed by atoms with Crippen LogP contribution in [-0.2, 0) is 6.42 Å². The minimum Gasteiger partial charge on any atom is -0.504 e. The van der Waals surface area contributed by atoms with Crippen LogP contribution in [0.25, 0.3) is 0 Å². The number of fused-ring (bicyclic) bond motifs is 1. The van der Waals surface area contributed by atoms with Crippen LogP contribution in [0.5, 0.6) is 11.5 Å². The Morgan fingerprint density at radius 3 is 2.50 bits per heavy atom. The van der Waals surface area contributed by atoms with E-state index < -0.39 is 0 Å². The fraction of sp³-hybridized carbons (Fsp3) is 0.294. The highest BCUT2D eigenvalue weighted by molar-refractivity contribution is 8.93. The summed E-state index contributed by atoms with van der Waals surface area (Å²) in [6.07, 6.45) is 0.873. The normalized spacial score (nSPS) is 16.7. The summed E-state index contributed by atoms with van der Waals surface area (Å²) >= 11 is 0. The molecule has 0 spiro atoms. The largest absolute Gasteiger partial charge is 0.504 e. The first kappa shape index (κ1) is 18.5. The van der Waals surface area contributed by atoms with Crippen molar-refractivity contribution in [3.63, 3.8) is 0 Å². The van der Waals surface area contributed by atoms with E-state index in [9.17, 15) is 10.2 Å². The first-order valence-corrected chi connectivity index (χ1v) is 6.98. The molecule has 0 saturated carbocycles. The van der Waals surface area contributed by atoms with Gasteiger partial charge in [-0.15, -0.1) is 17.0 Å². The molecule has 0 radical (unpaired) electrons. The number of aromatic hydroxyl groups is 2. The van der Waals surface area contributed by atoms with E-state index in [1.807, 2.05) is 25.1 Å². The van der Waals surface area contributed by atoms with E-state index in [2.05, 4.69) is 17.4 Å². The van der Waals surface area contributed by atoms with Crippen LogP contribution >= 0.6 is 17.0 Å². The molecule has 1 aliphatic rings. The second kappa shape index (κ2) is 7.63. The maximum absolute atomic E-state index is 9.94. The number of hydrogen-bond acceptors (Lipinski definition) is 3. The van der Waals surface area contributed by atoms with E-state index in [0.717, 1.165) is 36.2 Å². The van der Waals surface area contributed by atoms with Crippen LogP contribution in [0, 0.1) is 6.92 Å². The molecule has 5 heteroatoms. The summed E-state index contributed by atoms with van der Waals surface area (Å²) in [5.74, 6) is 0.195. The summed E-state index contributed by atoms with van der Waals surface area (Å²) in [7, 11) is 0. The van der Waals surface area contributed by atoms with Crippen molar-refractivity contribution in [2.75, 3.05) is 13.1 Å². The number of benzene rings is 2. The quantitative estimate of drug-likeness (QED) is 0.676. The molecule has 1 heterocycles. The van der Waals surface area contributed by atoms with E-state index in [4.69, 9.17) is 0 Å². The van der Waals surface area contributed by atoms with Crippen LogP contribution in [0.4, 0.5) is 0 Å². The lowest BCUT2D eigenvalue weighted by Crippen LogP contribution is -2.20. The van der Waals surface area contributed by atoms with Gasteiger partial charge in [-0.1, -0.05) is 30.3 Å². The van der Waals surface area contributed by atoms with Gasteiger partial charge in [0.15, 0.2) is 11.5 Å². The molecule has 4 nitrogen and oxygen atoms in total. The van der Waals surface area contributed by atoms with Gasteiger partial charge in [-0.3, -0.25) is 0 Å². The summed E-state index contributed by atoms with van der Waals surface area (Å²) in [6.45, 7) is 3.61. The van der Waals surface area contributed by atoms with E-state index >= 15 is 0 Å². The molecule has 0 amide bonds. The van der Waals surface area contributed by atoms with Crippen molar-refractivity contribution in [1.29, 1.82) is 0 Å². The third-order valence-electron chi connectivity index (χ3n) is 4.17.